The van der Waals surface area contributed by atoms with Crippen LogP contribution in [0.5, 0.6) is 11.5 Å². The summed E-state index contributed by atoms with van der Waals surface area (Å²) in [5.74, 6) is -0.518. The predicted molar refractivity (Wildman–Crippen MR) is 99.9 cm³/mol. The molecule has 0 aliphatic rings. The molecular weight excluding hydrogens is 358 g/mol. The molecule has 2 amide bonds. The Hall–Kier alpha value is -3.06. The number of hydrogen-bond donors (Lipinski definition) is 3. The first-order chi connectivity index (χ1) is 12.4. The molecule has 0 atom stereocenters. The highest BCUT2D eigenvalue weighted by molar-refractivity contribution is 6.32. The number of phenolic OH excluding ortho intramolecular Hbond substituents is 1. The van der Waals surface area contributed by atoms with Gasteiger partial charge in [-0.25, -0.2) is 5.43 Å². The molecule has 0 radical (unpaired) electrons. The van der Waals surface area contributed by atoms with Crippen LogP contribution in [0.1, 0.15) is 23.7 Å². The zero-order valence-corrected chi connectivity index (χ0v) is 15.0. The maximum Gasteiger partial charge on any atom is 0.275 e. The first kappa shape index (κ1) is 19.3. The van der Waals surface area contributed by atoms with Crippen LogP contribution in [0.25, 0.3) is 0 Å². The van der Waals surface area contributed by atoms with E-state index in [2.05, 4.69) is 15.8 Å². The van der Waals surface area contributed by atoms with Crippen LogP contribution < -0.4 is 15.5 Å². The van der Waals surface area contributed by atoms with Crippen LogP contribution in [0.2, 0.25) is 5.02 Å². The average Bonchev–Trinajstić information content (AvgIpc) is 2.60. The molecule has 26 heavy (non-hydrogen) atoms. The smallest absolute Gasteiger partial charge is 0.275 e. The third kappa shape index (κ3) is 5.22. The number of hydrogen-bond acceptors (Lipinski definition) is 5. The van der Waals surface area contributed by atoms with Crippen molar-refractivity contribution in [3.63, 3.8) is 0 Å². The number of benzene rings is 2. The average molecular weight is 376 g/mol. The van der Waals surface area contributed by atoms with Crippen molar-refractivity contribution < 1.29 is 19.4 Å². The number of aromatic hydroxyl groups is 1. The van der Waals surface area contributed by atoms with E-state index in [1.54, 1.807) is 37.3 Å². The number of phenols is 1. The van der Waals surface area contributed by atoms with Gasteiger partial charge in [0.1, 0.15) is 11.5 Å². The number of halogens is 1. The lowest BCUT2D eigenvalue weighted by Gasteiger charge is -2.08. The third-order valence-corrected chi connectivity index (χ3v) is 3.64. The molecule has 0 saturated carbocycles. The van der Waals surface area contributed by atoms with Gasteiger partial charge in [-0.2, -0.15) is 5.10 Å². The summed E-state index contributed by atoms with van der Waals surface area (Å²) < 4.78 is 5.05. The molecule has 0 heterocycles. The van der Waals surface area contributed by atoms with Crippen molar-refractivity contribution in [1.82, 2.24) is 5.43 Å². The lowest BCUT2D eigenvalue weighted by Crippen LogP contribution is -2.21. The van der Waals surface area contributed by atoms with E-state index in [1.165, 1.54) is 19.2 Å². The van der Waals surface area contributed by atoms with Gasteiger partial charge in [0.15, 0.2) is 0 Å². The molecule has 0 bridgehead atoms. The number of nitrogens with zero attached hydrogens (tertiary/aromatic N) is 1. The first-order valence-electron chi connectivity index (χ1n) is 7.65. The van der Waals surface area contributed by atoms with Crippen molar-refractivity contribution in [3.8, 4) is 11.5 Å². The molecule has 0 unspecified atom stereocenters. The topological polar surface area (TPSA) is 100 Å². The molecule has 0 aliphatic heterocycles. The number of carbonyl (C=O) groups excluding carboxylic acids is 2. The van der Waals surface area contributed by atoms with E-state index >= 15 is 0 Å². The van der Waals surface area contributed by atoms with Crippen LogP contribution in [-0.4, -0.2) is 29.7 Å². The minimum Gasteiger partial charge on any atom is -0.507 e. The summed E-state index contributed by atoms with van der Waals surface area (Å²) in [4.78, 5) is 24.0. The quantitative estimate of drug-likeness (QED) is 0.533. The Kier molecular flexibility index (Phi) is 6.57. The highest BCUT2D eigenvalue weighted by Gasteiger charge is 2.10. The zero-order chi connectivity index (χ0) is 19.1. The summed E-state index contributed by atoms with van der Waals surface area (Å²) >= 11 is 6.01. The Morgan fingerprint density at radius 3 is 2.62 bits per heavy atom. The summed E-state index contributed by atoms with van der Waals surface area (Å²) in [6, 6.07) is 11.0. The zero-order valence-electron chi connectivity index (χ0n) is 14.2. The van der Waals surface area contributed by atoms with E-state index in [4.69, 9.17) is 16.3 Å². The van der Waals surface area contributed by atoms with E-state index in [9.17, 15) is 14.7 Å². The molecule has 2 rings (SSSR count). The second kappa shape index (κ2) is 8.87. The number of hydrazone groups is 1. The van der Waals surface area contributed by atoms with Crippen LogP contribution in [-0.2, 0) is 4.79 Å². The van der Waals surface area contributed by atoms with E-state index in [1.807, 2.05) is 0 Å². The lowest BCUT2D eigenvalue weighted by atomic mass is 10.2. The fourth-order valence-corrected chi connectivity index (χ4v) is 2.35. The summed E-state index contributed by atoms with van der Waals surface area (Å²) in [5.41, 5.74) is 3.32. The third-order valence-electron chi connectivity index (χ3n) is 3.35. The van der Waals surface area contributed by atoms with E-state index in [0.29, 0.717) is 22.2 Å². The Morgan fingerprint density at radius 1 is 1.23 bits per heavy atom. The van der Waals surface area contributed by atoms with Crippen molar-refractivity contribution in [2.75, 3.05) is 12.4 Å². The Labute approximate surface area is 155 Å². The van der Waals surface area contributed by atoms with Gasteiger partial charge < -0.3 is 15.2 Å². The summed E-state index contributed by atoms with van der Waals surface area (Å²) in [7, 11) is 1.50. The van der Waals surface area contributed by atoms with Gasteiger partial charge in [-0.3, -0.25) is 9.59 Å². The number of carbonyl (C=O) groups is 2. The van der Waals surface area contributed by atoms with E-state index in [0.717, 1.165) is 0 Å². The van der Waals surface area contributed by atoms with E-state index < -0.39 is 5.91 Å². The second-order valence-corrected chi connectivity index (χ2v) is 5.79. The molecule has 7 nitrogen and oxygen atoms in total. The summed E-state index contributed by atoms with van der Waals surface area (Å²) in [6.07, 6.45) is -0.0231. The summed E-state index contributed by atoms with van der Waals surface area (Å²) in [5, 5.41) is 16.6. The second-order valence-electron chi connectivity index (χ2n) is 5.38. The SMILES string of the molecule is COc1ccc(NC(=O)CC(C)=NNC(=O)c2ccccc2O)cc1Cl. The van der Waals surface area contributed by atoms with Crippen molar-refractivity contribution >= 4 is 34.8 Å². The van der Waals surface area contributed by atoms with Gasteiger partial charge in [0.25, 0.3) is 5.91 Å². The number of ether oxygens (including phenoxy) is 1. The van der Waals surface area contributed by atoms with Crippen LogP contribution in [0.15, 0.2) is 47.6 Å². The fraction of sp³-hybridized carbons (Fsp3) is 0.167. The molecule has 136 valence electrons. The minimum atomic E-state index is -0.565. The lowest BCUT2D eigenvalue weighted by molar-refractivity contribution is -0.115. The molecule has 0 aliphatic carbocycles. The predicted octanol–water partition coefficient (Wildman–Crippen LogP) is 3.19. The molecule has 0 saturated heterocycles. The molecule has 2 aromatic carbocycles. The minimum absolute atomic E-state index is 0.0231. The number of rotatable bonds is 6. The molecular formula is C18H18ClN3O4. The fourth-order valence-electron chi connectivity index (χ4n) is 2.09. The monoisotopic (exact) mass is 375 g/mol. The van der Waals surface area contributed by atoms with Crippen LogP contribution >= 0.6 is 11.6 Å². The van der Waals surface area contributed by atoms with Gasteiger partial charge in [0.05, 0.1) is 24.1 Å². The Balaban J connectivity index is 1.92. The molecule has 3 N–H and O–H groups in total. The maximum absolute atomic E-state index is 12.0. The molecule has 0 spiro atoms. The van der Waals surface area contributed by atoms with Crippen LogP contribution in [0.4, 0.5) is 5.69 Å². The van der Waals surface area contributed by atoms with Gasteiger partial charge in [0.2, 0.25) is 5.91 Å². The Bertz CT molecular complexity index is 852. The first-order valence-corrected chi connectivity index (χ1v) is 8.03. The van der Waals surface area contributed by atoms with Gasteiger partial charge in [-0.15, -0.1) is 0 Å². The number of nitrogens with one attached hydrogen (secondary N) is 2. The number of para-hydroxylation sites is 1. The normalized spacial score (nSPS) is 11.0. The van der Waals surface area contributed by atoms with Crippen LogP contribution in [0.3, 0.4) is 0 Å². The molecule has 0 aromatic heterocycles. The van der Waals surface area contributed by atoms with Crippen molar-refractivity contribution in [2.45, 2.75) is 13.3 Å². The molecule has 0 fully saturated rings. The Morgan fingerprint density at radius 2 is 1.96 bits per heavy atom. The maximum atomic E-state index is 12.0. The number of anilines is 1. The summed E-state index contributed by atoms with van der Waals surface area (Å²) in [6.45, 7) is 1.60. The standard InChI is InChI=1S/C18H18ClN3O4/c1-11(21-22-18(25)13-5-3-4-6-15(13)23)9-17(24)20-12-7-8-16(26-2)14(19)10-12/h3-8,10,23H,9H2,1-2H3,(H,20,24)(H,22,25). The molecule has 8 heteroatoms. The van der Waals surface area contributed by atoms with Crippen LogP contribution in [0, 0.1) is 0 Å². The number of amides is 2. The van der Waals surface area contributed by atoms with Gasteiger partial charge in [-0.05, 0) is 37.3 Å². The van der Waals surface area contributed by atoms with E-state index in [-0.39, 0.29) is 23.6 Å². The van der Waals surface area contributed by atoms with Crippen molar-refractivity contribution in [2.24, 2.45) is 5.10 Å². The van der Waals surface area contributed by atoms with Crippen molar-refractivity contribution in [3.05, 3.63) is 53.1 Å². The van der Waals surface area contributed by atoms with Gasteiger partial charge >= 0.3 is 0 Å². The van der Waals surface area contributed by atoms with Gasteiger partial charge in [0, 0.05) is 11.4 Å². The highest BCUT2D eigenvalue weighted by atomic mass is 35.5. The highest BCUT2D eigenvalue weighted by Crippen LogP contribution is 2.27. The van der Waals surface area contributed by atoms with Gasteiger partial charge in [-0.1, -0.05) is 23.7 Å². The van der Waals surface area contributed by atoms with Crippen molar-refractivity contribution in [1.29, 1.82) is 0 Å². The molecule has 2 aromatic rings. The number of methoxy groups -OCH3 is 1. The largest absolute Gasteiger partial charge is 0.507 e.